The van der Waals surface area contributed by atoms with Gasteiger partial charge >= 0.3 is 6.03 Å². The lowest BCUT2D eigenvalue weighted by Gasteiger charge is -2.37. The number of ether oxygens (including phenoxy) is 2. The van der Waals surface area contributed by atoms with Crippen molar-refractivity contribution in [1.29, 1.82) is 0 Å². The van der Waals surface area contributed by atoms with Gasteiger partial charge < -0.3 is 24.6 Å². The fraction of sp³-hybridized carbons (Fsp3) is 0.600. The molecular formula is C20H27N3O4. The van der Waals surface area contributed by atoms with Gasteiger partial charge in [0.05, 0.1) is 0 Å². The number of piperazine rings is 1. The summed E-state index contributed by atoms with van der Waals surface area (Å²) in [6.07, 6.45) is 5.63. The van der Waals surface area contributed by atoms with Crippen LogP contribution in [0.2, 0.25) is 0 Å². The highest BCUT2D eigenvalue weighted by molar-refractivity contribution is 5.79. The third-order valence-electron chi connectivity index (χ3n) is 5.71. The van der Waals surface area contributed by atoms with Gasteiger partial charge in [0.2, 0.25) is 12.7 Å². The van der Waals surface area contributed by atoms with Crippen molar-refractivity contribution in [3.8, 4) is 11.5 Å². The Balaban J connectivity index is 1.23. The van der Waals surface area contributed by atoms with Crippen LogP contribution in [0.3, 0.4) is 0 Å². The third-order valence-corrected chi connectivity index (χ3v) is 5.71. The first kappa shape index (κ1) is 17.9. The van der Waals surface area contributed by atoms with Crippen LogP contribution in [0.1, 0.15) is 37.7 Å². The molecule has 0 atom stereocenters. The topological polar surface area (TPSA) is 71.1 Å². The normalized spacial score (nSPS) is 19.9. The number of hydrogen-bond donors (Lipinski definition) is 1. The van der Waals surface area contributed by atoms with Crippen molar-refractivity contribution in [3.05, 3.63) is 23.8 Å². The first-order valence-electron chi connectivity index (χ1n) is 9.91. The van der Waals surface area contributed by atoms with E-state index >= 15 is 0 Å². The third kappa shape index (κ3) is 4.12. The lowest BCUT2D eigenvalue weighted by Crippen LogP contribution is -2.54. The molecule has 7 nitrogen and oxygen atoms in total. The fourth-order valence-electron chi connectivity index (χ4n) is 4.08. The number of nitrogens with one attached hydrogen (secondary N) is 1. The number of hydrogen-bond acceptors (Lipinski definition) is 4. The Bertz CT molecular complexity index is 694. The van der Waals surface area contributed by atoms with Gasteiger partial charge in [-0.2, -0.15) is 0 Å². The standard InChI is InChI=1S/C20H27N3O4/c24-19(16-4-2-1-3-5-16)22-8-10-23(11-9-22)20(25)21-13-15-6-7-17-18(12-15)27-14-26-17/h6-7,12,16H,1-5,8-11,13-14H2,(H,21,25). The molecule has 2 aliphatic heterocycles. The van der Waals surface area contributed by atoms with E-state index in [-0.39, 0.29) is 24.6 Å². The van der Waals surface area contributed by atoms with E-state index in [2.05, 4.69) is 5.32 Å². The van der Waals surface area contributed by atoms with Gasteiger partial charge in [-0.1, -0.05) is 25.3 Å². The SMILES string of the molecule is O=C(NCc1ccc2c(c1)OCO2)N1CCN(C(=O)C2CCCCC2)CC1. The molecule has 0 unspecified atom stereocenters. The summed E-state index contributed by atoms with van der Waals surface area (Å²) in [5.74, 6) is 1.95. The molecule has 1 saturated heterocycles. The van der Waals surface area contributed by atoms with Crippen LogP contribution in [0.4, 0.5) is 4.79 Å². The highest BCUT2D eigenvalue weighted by atomic mass is 16.7. The molecule has 0 spiro atoms. The monoisotopic (exact) mass is 373 g/mol. The Kier molecular flexibility index (Phi) is 5.36. The molecule has 0 bridgehead atoms. The Hall–Kier alpha value is -2.44. The number of nitrogens with zero attached hydrogens (tertiary/aromatic N) is 2. The molecule has 1 N–H and O–H groups in total. The zero-order valence-electron chi connectivity index (χ0n) is 15.6. The zero-order chi connectivity index (χ0) is 18.6. The summed E-state index contributed by atoms with van der Waals surface area (Å²) in [5, 5.41) is 2.95. The molecule has 0 radical (unpaired) electrons. The maximum atomic E-state index is 12.6. The largest absolute Gasteiger partial charge is 0.454 e. The molecular weight excluding hydrogens is 346 g/mol. The minimum atomic E-state index is -0.0857. The number of carbonyl (C=O) groups excluding carboxylic acids is 2. The summed E-state index contributed by atoms with van der Waals surface area (Å²) in [6.45, 7) is 3.13. The smallest absolute Gasteiger partial charge is 0.317 e. The molecule has 7 heteroatoms. The van der Waals surface area contributed by atoms with Crippen molar-refractivity contribution in [1.82, 2.24) is 15.1 Å². The predicted octanol–water partition coefficient (Wildman–Crippen LogP) is 2.35. The van der Waals surface area contributed by atoms with E-state index in [1.165, 1.54) is 19.3 Å². The Labute approximate surface area is 159 Å². The molecule has 27 heavy (non-hydrogen) atoms. The Morgan fingerprint density at radius 2 is 1.67 bits per heavy atom. The molecule has 3 amide bonds. The van der Waals surface area contributed by atoms with Crippen molar-refractivity contribution >= 4 is 11.9 Å². The summed E-state index contributed by atoms with van der Waals surface area (Å²) >= 11 is 0. The number of amides is 3. The molecule has 146 valence electrons. The van der Waals surface area contributed by atoms with Gasteiger partial charge in [0.15, 0.2) is 11.5 Å². The Morgan fingerprint density at radius 3 is 2.44 bits per heavy atom. The summed E-state index contributed by atoms with van der Waals surface area (Å²) in [7, 11) is 0. The lowest BCUT2D eigenvalue weighted by atomic mass is 9.88. The Morgan fingerprint density at radius 1 is 0.963 bits per heavy atom. The highest BCUT2D eigenvalue weighted by Crippen LogP contribution is 2.32. The molecule has 2 heterocycles. The molecule has 3 aliphatic rings. The number of benzene rings is 1. The van der Waals surface area contributed by atoms with Crippen LogP contribution in [0.25, 0.3) is 0 Å². The molecule has 1 aromatic carbocycles. The second kappa shape index (κ2) is 8.06. The van der Waals surface area contributed by atoms with Gasteiger partial charge in [-0.25, -0.2) is 4.79 Å². The molecule has 4 rings (SSSR count). The minimum absolute atomic E-state index is 0.0857. The van der Waals surface area contributed by atoms with Crippen LogP contribution in [-0.4, -0.2) is 54.7 Å². The van der Waals surface area contributed by atoms with E-state index in [9.17, 15) is 9.59 Å². The van der Waals surface area contributed by atoms with E-state index in [1.807, 2.05) is 23.1 Å². The zero-order valence-corrected chi connectivity index (χ0v) is 15.6. The van der Waals surface area contributed by atoms with Crippen molar-refractivity contribution in [3.63, 3.8) is 0 Å². The molecule has 0 aromatic heterocycles. The maximum absolute atomic E-state index is 12.6. The van der Waals surface area contributed by atoms with Crippen LogP contribution in [0, 0.1) is 5.92 Å². The van der Waals surface area contributed by atoms with Crippen LogP contribution in [0.15, 0.2) is 18.2 Å². The number of fused-ring (bicyclic) bond motifs is 1. The van der Waals surface area contributed by atoms with Crippen molar-refractivity contribution in [2.75, 3.05) is 33.0 Å². The molecule has 1 aromatic rings. The van der Waals surface area contributed by atoms with Crippen molar-refractivity contribution in [2.45, 2.75) is 38.6 Å². The second-order valence-electron chi connectivity index (χ2n) is 7.49. The van der Waals surface area contributed by atoms with Crippen molar-refractivity contribution in [2.24, 2.45) is 5.92 Å². The summed E-state index contributed by atoms with van der Waals surface area (Å²) < 4.78 is 10.7. The van der Waals surface area contributed by atoms with Gasteiger partial charge in [0, 0.05) is 38.6 Å². The van der Waals surface area contributed by atoms with Crippen LogP contribution in [-0.2, 0) is 11.3 Å². The van der Waals surface area contributed by atoms with Crippen LogP contribution < -0.4 is 14.8 Å². The van der Waals surface area contributed by atoms with E-state index in [1.54, 1.807) is 4.90 Å². The average molecular weight is 373 g/mol. The van der Waals surface area contributed by atoms with Crippen LogP contribution >= 0.6 is 0 Å². The van der Waals surface area contributed by atoms with Gasteiger partial charge in [-0.05, 0) is 30.5 Å². The summed E-state index contributed by atoms with van der Waals surface area (Å²) in [4.78, 5) is 28.8. The molecule has 1 saturated carbocycles. The van der Waals surface area contributed by atoms with Gasteiger partial charge in [-0.3, -0.25) is 4.79 Å². The fourth-order valence-corrected chi connectivity index (χ4v) is 4.08. The van der Waals surface area contributed by atoms with E-state index in [0.717, 1.165) is 29.9 Å². The van der Waals surface area contributed by atoms with E-state index in [4.69, 9.17) is 9.47 Å². The van der Waals surface area contributed by atoms with E-state index < -0.39 is 0 Å². The first-order valence-corrected chi connectivity index (χ1v) is 9.91. The minimum Gasteiger partial charge on any atom is -0.454 e. The molecule has 2 fully saturated rings. The molecule has 1 aliphatic carbocycles. The quantitative estimate of drug-likeness (QED) is 0.883. The summed E-state index contributed by atoms with van der Waals surface area (Å²) in [6, 6.07) is 5.59. The lowest BCUT2D eigenvalue weighted by molar-refractivity contribution is -0.138. The highest BCUT2D eigenvalue weighted by Gasteiger charge is 2.29. The second-order valence-corrected chi connectivity index (χ2v) is 7.49. The first-order chi connectivity index (χ1) is 13.2. The number of rotatable bonds is 3. The van der Waals surface area contributed by atoms with E-state index in [0.29, 0.717) is 32.7 Å². The van der Waals surface area contributed by atoms with Crippen molar-refractivity contribution < 1.29 is 19.1 Å². The van der Waals surface area contributed by atoms with Gasteiger partial charge in [0.25, 0.3) is 0 Å². The maximum Gasteiger partial charge on any atom is 0.317 e. The number of urea groups is 1. The summed E-state index contributed by atoms with van der Waals surface area (Å²) in [5.41, 5.74) is 0.971. The predicted molar refractivity (Wildman–Crippen MR) is 99.5 cm³/mol. The van der Waals surface area contributed by atoms with Gasteiger partial charge in [-0.15, -0.1) is 0 Å². The average Bonchev–Trinajstić information content (AvgIpc) is 3.20. The van der Waals surface area contributed by atoms with Crippen LogP contribution in [0.5, 0.6) is 11.5 Å². The number of carbonyl (C=O) groups is 2. The van der Waals surface area contributed by atoms with Gasteiger partial charge in [0.1, 0.15) is 0 Å².